The van der Waals surface area contributed by atoms with Gasteiger partial charge in [-0.05, 0) is 48.4 Å². The number of anilines is 1. The first kappa shape index (κ1) is 21.4. The molecule has 1 N–H and O–H groups in total. The van der Waals surface area contributed by atoms with Gasteiger partial charge < -0.3 is 19.7 Å². The zero-order valence-electron chi connectivity index (χ0n) is 17.8. The smallest absolute Gasteiger partial charge is 0.220 e. The molecule has 0 aliphatic carbocycles. The normalized spacial score (nSPS) is 16.6. The van der Waals surface area contributed by atoms with Crippen LogP contribution in [-0.4, -0.2) is 63.3 Å². The molecule has 4 rings (SSSR count). The van der Waals surface area contributed by atoms with Crippen molar-refractivity contribution in [3.05, 3.63) is 53.8 Å². The number of carbonyl (C=O) groups excluding carboxylic acids is 1. The number of nitrogens with zero attached hydrogens (tertiary/aromatic N) is 2. The SMILES string of the molecule is O=C(CCc1ccc2c(c1)OCCCO2)NCCN1CCN(c2ccc(F)cc2)CC1. The Balaban J connectivity index is 1.13. The van der Waals surface area contributed by atoms with Crippen LogP contribution in [0.25, 0.3) is 0 Å². The van der Waals surface area contributed by atoms with E-state index in [4.69, 9.17) is 9.47 Å². The van der Waals surface area contributed by atoms with Gasteiger partial charge in [0.15, 0.2) is 11.5 Å². The molecule has 0 atom stereocenters. The number of benzene rings is 2. The number of rotatable bonds is 7. The maximum Gasteiger partial charge on any atom is 0.220 e. The van der Waals surface area contributed by atoms with Gasteiger partial charge in [0, 0.05) is 57.8 Å². The number of piperazine rings is 1. The van der Waals surface area contributed by atoms with Gasteiger partial charge in [-0.3, -0.25) is 9.69 Å². The summed E-state index contributed by atoms with van der Waals surface area (Å²) in [7, 11) is 0. The molecular weight excluding hydrogens is 397 g/mol. The minimum Gasteiger partial charge on any atom is -0.490 e. The summed E-state index contributed by atoms with van der Waals surface area (Å²) < 4.78 is 24.4. The standard InChI is InChI=1S/C24H30FN3O3/c25-20-4-6-21(7-5-20)28-14-12-27(13-15-28)11-10-26-24(29)9-3-19-2-8-22-23(18-19)31-17-1-16-30-22/h2,4-8,18H,1,3,9-17H2,(H,26,29). The van der Waals surface area contributed by atoms with Crippen molar-refractivity contribution in [3.8, 4) is 11.5 Å². The molecule has 0 radical (unpaired) electrons. The predicted octanol–water partition coefficient (Wildman–Crippen LogP) is 2.86. The number of aryl methyl sites for hydroxylation is 1. The Labute approximate surface area is 182 Å². The van der Waals surface area contributed by atoms with Crippen LogP contribution in [0.2, 0.25) is 0 Å². The third-order valence-corrected chi connectivity index (χ3v) is 5.77. The molecule has 0 saturated carbocycles. The van der Waals surface area contributed by atoms with Gasteiger partial charge in [0.25, 0.3) is 0 Å². The van der Waals surface area contributed by atoms with Gasteiger partial charge in [-0.1, -0.05) is 6.07 Å². The zero-order chi connectivity index (χ0) is 21.5. The Hall–Kier alpha value is -2.80. The second-order valence-electron chi connectivity index (χ2n) is 7.99. The summed E-state index contributed by atoms with van der Waals surface area (Å²) in [6.07, 6.45) is 2.02. The van der Waals surface area contributed by atoms with E-state index >= 15 is 0 Å². The molecule has 6 nitrogen and oxygen atoms in total. The Kier molecular flexibility index (Phi) is 7.25. The summed E-state index contributed by atoms with van der Waals surface area (Å²) in [5, 5.41) is 3.03. The van der Waals surface area contributed by atoms with Crippen LogP contribution in [0.3, 0.4) is 0 Å². The van der Waals surface area contributed by atoms with E-state index in [0.717, 1.165) is 61.9 Å². The number of hydrogen-bond acceptors (Lipinski definition) is 5. The Bertz CT molecular complexity index is 867. The van der Waals surface area contributed by atoms with Crippen molar-refractivity contribution in [2.24, 2.45) is 0 Å². The molecular formula is C24H30FN3O3. The zero-order valence-corrected chi connectivity index (χ0v) is 17.8. The molecule has 166 valence electrons. The van der Waals surface area contributed by atoms with Crippen molar-refractivity contribution in [3.63, 3.8) is 0 Å². The van der Waals surface area contributed by atoms with Crippen LogP contribution >= 0.6 is 0 Å². The summed E-state index contributed by atoms with van der Waals surface area (Å²) in [5.41, 5.74) is 2.14. The third kappa shape index (κ3) is 6.10. The fourth-order valence-electron chi connectivity index (χ4n) is 3.94. The van der Waals surface area contributed by atoms with E-state index < -0.39 is 0 Å². The molecule has 1 fully saturated rings. The van der Waals surface area contributed by atoms with Crippen molar-refractivity contribution in [1.82, 2.24) is 10.2 Å². The number of halogens is 1. The number of fused-ring (bicyclic) bond motifs is 1. The second kappa shape index (κ2) is 10.5. The molecule has 0 spiro atoms. The van der Waals surface area contributed by atoms with Gasteiger partial charge in [0.05, 0.1) is 13.2 Å². The quantitative estimate of drug-likeness (QED) is 0.737. The second-order valence-corrected chi connectivity index (χ2v) is 7.99. The first-order valence-electron chi connectivity index (χ1n) is 11.1. The van der Waals surface area contributed by atoms with Gasteiger partial charge in [-0.25, -0.2) is 4.39 Å². The topological polar surface area (TPSA) is 54.0 Å². The molecule has 1 amide bonds. The van der Waals surface area contributed by atoms with Gasteiger partial charge in [-0.15, -0.1) is 0 Å². The van der Waals surface area contributed by atoms with Crippen molar-refractivity contribution in [2.45, 2.75) is 19.3 Å². The maximum atomic E-state index is 13.1. The first-order valence-corrected chi connectivity index (χ1v) is 11.1. The highest BCUT2D eigenvalue weighted by Crippen LogP contribution is 2.30. The average molecular weight is 428 g/mol. The lowest BCUT2D eigenvalue weighted by Crippen LogP contribution is -2.48. The number of carbonyl (C=O) groups is 1. The minimum absolute atomic E-state index is 0.0667. The van der Waals surface area contributed by atoms with Crippen LogP contribution in [0.5, 0.6) is 11.5 Å². The molecule has 0 bridgehead atoms. The van der Waals surface area contributed by atoms with E-state index in [1.807, 2.05) is 30.3 Å². The molecule has 0 aromatic heterocycles. The fraction of sp³-hybridized carbons (Fsp3) is 0.458. The monoisotopic (exact) mass is 427 g/mol. The predicted molar refractivity (Wildman–Crippen MR) is 118 cm³/mol. The molecule has 2 aliphatic heterocycles. The highest BCUT2D eigenvalue weighted by Gasteiger charge is 2.17. The molecule has 2 heterocycles. The molecule has 2 aromatic carbocycles. The minimum atomic E-state index is -0.206. The van der Waals surface area contributed by atoms with Gasteiger partial charge >= 0.3 is 0 Å². The van der Waals surface area contributed by atoms with Crippen LogP contribution in [0.15, 0.2) is 42.5 Å². The van der Waals surface area contributed by atoms with Crippen molar-refractivity contribution in [1.29, 1.82) is 0 Å². The van der Waals surface area contributed by atoms with Gasteiger partial charge in [0.2, 0.25) is 5.91 Å². The molecule has 1 saturated heterocycles. The average Bonchev–Trinajstić information content (AvgIpc) is 3.04. The third-order valence-electron chi connectivity index (χ3n) is 5.77. The summed E-state index contributed by atoms with van der Waals surface area (Å²) in [6, 6.07) is 12.6. The number of ether oxygens (including phenoxy) is 2. The van der Waals surface area contributed by atoms with Crippen LogP contribution in [-0.2, 0) is 11.2 Å². The summed E-state index contributed by atoms with van der Waals surface area (Å²) in [5.74, 6) is 1.42. The number of amides is 1. The van der Waals surface area contributed by atoms with Gasteiger partial charge in [-0.2, -0.15) is 0 Å². The Morgan fingerprint density at radius 3 is 2.48 bits per heavy atom. The Morgan fingerprint density at radius 1 is 0.968 bits per heavy atom. The van der Waals surface area contributed by atoms with Gasteiger partial charge in [0.1, 0.15) is 5.82 Å². The van der Waals surface area contributed by atoms with E-state index in [9.17, 15) is 9.18 Å². The summed E-state index contributed by atoms with van der Waals surface area (Å²) >= 11 is 0. The lowest BCUT2D eigenvalue weighted by atomic mass is 10.1. The van der Waals surface area contributed by atoms with Crippen molar-refractivity contribution < 1.29 is 18.7 Å². The van der Waals surface area contributed by atoms with E-state index in [2.05, 4.69) is 15.1 Å². The lowest BCUT2D eigenvalue weighted by molar-refractivity contribution is -0.121. The summed E-state index contributed by atoms with van der Waals surface area (Å²) in [6.45, 7) is 6.51. The van der Waals surface area contributed by atoms with Crippen molar-refractivity contribution >= 4 is 11.6 Å². The van der Waals surface area contributed by atoms with E-state index in [0.29, 0.717) is 32.6 Å². The molecule has 2 aliphatic rings. The highest BCUT2D eigenvalue weighted by atomic mass is 19.1. The maximum absolute atomic E-state index is 13.1. The van der Waals surface area contributed by atoms with Crippen LogP contribution in [0, 0.1) is 5.82 Å². The van der Waals surface area contributed by atoms with Crippen LogP contribution < -0.4 is 19.7 Å². The van der Waals surface area contributed by atoms with Crippen molar-refractivity contribution in [2.75, 3.05) is 57.4 Å². The molecule has 0 unspecified atom stereocenters. The van der Waals surface area contributed by atoms with Crippen LogP contribution in [0.4, 0.5) is 10.1 Å². The van der Waals surface area contributed by atoms with E-state index in [1.54, 1.807) is 0 Å². The van der Waals surface area contributed by atoms with Crippen LogP contribution in [0.1, 0.15) is 18.4 Å². The molecule has 7 heteroatoms. The lowest BCUT2D eigenvalue weighted by Gasteiger charge is -2.36. The largest absolute Gasteiger partial charge is 0.490 e. The number of hydrogen-bond donors (Lipinski definition) is 1. The first-order chi connectivity index (χ1) is 15.2. The number of nitrogens with one attached hydrogen (secondary N) is 1. The fourth-order valence-corrected chi connectivity index (χ4v) is 3.94. The van der Waals surface area contributed by atoms with E-state index in [-0.39, 0.29) is 11.7 Å². The Morgan fingerprint density at radius 2 is 1.71 bits per heavy atom. The molecule has 31 heavy (non-hydrogen) atoms. The highest BCUT2D eigenvalue weighted by molar-refractivity contribution is 5.76. The summed E-state index contributed by atoms with van der Waals surface area (Å²) in [4.78, 5) is 16.9. The molecule has 2 aromatic rings. The van der Waals surface area contributed by atoms with E-state index in [1.165, 1.54) is 12.1 Å².